The van der Waals surface area contributed by atoms with Gasteiger partial charge in [-0.2, -0.15) is 0 Å². The molecule has 0 bridgehead atoms. The van der Waals surface area contributed by atoms with E-state index in [2.05, 4.69) is 228 Å². The molecule has 58 heavy (non-hydrogen) atoms. The monoisotopic (exact) mass is 744 g/mol. The summed E-state index contributed by atoms with van der Waals surface area (Å²) in [5, 5.41) is 0. The van der Waals surface area contributed by atoms with Gasteiger partial charge in [0.15, 0.2) is 0 Å². The second-order valence-corrected chi connectivity index (χ2v) is 15.8. The maximum atomic E-state index is 2.50. The Balaban J connectivity index is 1.13. The summed E-state index contributed by atoms with van der Waals surface area (Å²) in [5.41, 5.74) is 16.7. The summed E-state index contributed by atoms with van der Waals surface area (Å²) in [5.74, 6) is 0. The lowest BCUT2D eigenvalue weighted by atomic mass is 9.60. The van der Waals surface area contributed by atoms with Gasteiger partial charge >= 0.3 is 0 Å². The van der Waals surface area contributed by atoms with E-state index in [4.69, 9.17) is 0 Å². The van der Waals surface area contributed by atoms with E-state index in [1.807, 2.05) is 0 Å². The molecule has 7 aromatic rings. The van der Waals surface area contributed by atoms with Crippen LogP contribution in [-0.2, 0) is 10.8 Å². The zero-order valence-electron chi connectivity index (χ0n) is 32.5. The Labute approximate surface area is 342 Å². The predicted molar refractivity (Wildman–Crippen MR) is 241 cm³/mol. The number of allylic oxidation sites excluding steroid dienone is 8. The molecular weight excluding hydrogens is 701 g/mol. The Morgan fingerprint density at radius 1 is 0.397 bits per heavy atom. The average molecular weight is 745 g/mol. The first-order valence-electron chi connectivity index (χ1n) is 20.7. The SMILES string of the molecule is C1=CCCC(C2(c3ccccc3)c3ccccc3N(c3cccc(N4c5ccccc5C(C5=CCCC=C5)(c5ccccc5)c5ccccc54)c3)c3ccccc32)=C1. The fourth-order valence-corrected chi connectivity index (χ4v) is 10.6. The van der Waals surface area contributed by atoms with Crippen molar-refractivity contribution in [3.05, 3.63) is 263 Å². The maximum absolute atomic E-state index is 2.50. The van der Waals surface area contributed by atoms with Crippen LogP contribution in [-0.4, -0.2) is 0 Å². The lowest BCUT2D eigenvalue weighted by Crippen LogP contribution is -2.39. The number of fused-ring (bicyclic) bond motifs is 4. The fourth-order valence-electron chi connectivity index (χ4n) is 10.6. The number of hydrogen-bond acceptors (Lipinski definition) is 2. The maximum Gasteiger partial charge on any atom is 0.0739 e. The molecule has 0 spiro atoms. The van der Waals surface area contributed by atoms with E-state index < -0.39 is 10.8 Å². The number of anilines is 6. The van der Waals surface area contributed by atoms with Crippen molar-refractivity contribution in [2.45, 2.75) is 36.5 Å². The summed E-state index contributed by atoms with van der Waals surface area (Å²) in [6.07, 6.45) is 18.3. The summed E-state index contributed by atoms with van der Waals surface area (Å²) in [7, 11) is 0. The van der Waals surface area contributed by atoms with Gasteiger partial charge in [-0.15, -0.1) is 0 Å². The van der Waals surface area contributed by atoms with Crippen LogP contribution in [0.2, 0.25) is 0 Å². The molecule has 2 heteroatoms. The quantitative estimate of drug-likeness (QED) is 0.167. The van der Waals surface area contributed by atoms with Crippen molar-refractivity contribution < 1.29 is 0 Å². The minimum Gasteiger partial charge on any atom is -0.310 e. The lowest BCUT2D eigenvalue weighted by Gasteiger charge is -2.48. The molecule has 2 aliphatic heterocycles. The smallest absolute Gasteiger partial charge is 0.0739 e. The van der Waals surface area contributed by atoms with Gasteiger partial charge in [-0.05, 0) is 107 Å². The van der Waals surface area contributed by atoms with E-state index in [0.29, 0.717) is 0 Å². The lowest BCUT2D eigenvalue weighted by molar-refractivity contribution is 0.668. The molecule has 0 atom stereocenters. The van der Waals surface area contributed by atoms with Crippen molar-refractivity contribution in [2.75, 3.05) is 9.80 Å². The number of benzene rings is 7. The van der Waals surface area contributed by atoms with Gasteiger partial charge in [0.05, 0.1) is 33.6 Å². The van der Waals surface area contributed by atoms with Gasteiger partial charge in [0, 0.05) is 11.4 Å². The van der Waals surface area contributed by atoms with Crippen molar-refractivity contribution in [1.82, 2.24) is 0 Å². The van der Waals surface area contributed by atoms with Gasteiger partial charge in [0.2, 0.25) is 0 Å². The third-order valence-electron chi connectivity index (χ3n) is 12.9. The van der Waals surface area contributed by atoms with E-state index in [9.17, 15) is 0 Å². The van der Waals surface area contributed by atoms with E-state index in [-0.39, 0.29) is 0 Å². The van der Waals surface area contributed by atoms with Gasteiger partial charge in [-0.3, -0.25) is 0 Å². The molecule has 278 valence electrons. The van der Waals surface area contributed by atoms with Crippen LogP contribution in [0.15, 0.2) is 230 Å². The molecule has 2 nitrogen and oxygen atoms in total. The first-order chi connectivity index (χ1) is 28.8. The average Bonchev–Trinajstić information content (AvgIpc) is 3.31. The molecule has 0 saturated carbocycles. The number of para-hydroxylation sites is 4. The highest BCUT2D eigenvalue weighted by Gasteiger charge is 2.49. The standard InChI is InChI=1S/C56H44N2/c1-5-22-41(23-6-1)55(42-24-7-2-8-25-42)47-32-13-17-36-51(47)57(52-37-18-14-33-48(52)55)45-30-21-31-46(40-45)58-53-38-19-15-34-49(53)56(43-26-9-3-10-27-43,44-28-11-4-12-29-44)50-35-16-20-39-54(50)58/h1-3,5-7,9-11,13-24,26-40H,4,8,12,25H2. The van der Waals surface area contributed by atoms with Crippen LogP contribution in [0.3, 0.4) is 0 Å². The molecule has 0 fully saturated rings. The highest BCUT2D eigenvalue weighted by molar-refractivity contribution is 5.93. The predicted octanol–water partition coefficient (Wildman–Crippen LogP) is 14.5. The van der Waals surface area contributed by atoms with Gasteiger partial charge in [-0.25, -0.2) is 0 Å². The highest BCUT2D eigenvalue weighted by atomic mass is 15.2. The summed E-state index contributed by atoms with van der Waals surface area (Å²) in [6, 6.07) is 67.8. The van der Waals surface area contributed by atoms with E-state index in [0.717, 1.165) is 37.1 Å². The molecule has 2 heterocycles. The second-order valence-electron chi connectivity index (χ2n) is 15.8. The molecule has 7 aromatic carbocycles. The Morgan fingerprint density at radius 3 is 1.33 bits per heavy atom. The minimum absolute atomic E-state index is 0.429. The normalized spacial score (nSPS) is 17.0. The van der Waals surface area contributed by atoms with Crippen LogP contribution in [0.4, 0.5) is 34.1 Å². The summed E-state index contributed by atoms with van der Waals surface area (Å²) >= 11 is 0. The highest BCUT2D eigenvalue weighted by Crippen LogP contribution is 2.61. The van der Waals surface area contributed by atoms with Crippen LogP contribution in [0.1, 0.15) is 59.1 Å². The summed E-state index contributed by atoms with van der Waals surface area (Å²) < 4.78 is 0. The third kappa shape index (κ3) is 4.98. The summed E-state index contributed by atoms with van der Waals surface area (Å²) in [4.78, 5) is 5.00. The van der Waals surface area contributed by atoms with Crippen molar-refractivity contribution in [3.63, 3.8) is 0 Å². The van der Waals surface area contributed by atoms with Crippen LogP contribution >= 0.6 is 0 Å². The zero-order valence-corrected chi connectivity index (χ0v) is 32.5. The number of nitrogens with zero attached hydrogens (tertiary/aromatic N) is 2. The zero-order chi connectivity index (χ0) is 38.5. The van der Waals surface area contributed by atoms with Gasteiger partial charge < -0.3 is 9.80 Å². The number of hydrogen-bond donors (Lipinski definition) is 0. The van der Waals surface area contributed by atoms with Crippen molar-refractivity contribution in [3.8, 4) is 0 Å². The molecule has 0 saturated heterocycles. The second kappa shape index (κ2) is 13.9. The Bertz CT molecular complexity index is 2710. The van der Waals surface area contributed by atoms with Crippen molar-refractivity contribution in [1.29, 1.82) is 0 Å². The molecular formula is C56H44N2. The molecule has 0 N–H and O–H groups in total. The first-order valence-corrected chi connectivity index (χ1v) is 20.7. The fraction of sp³-hybridized carbons (Fsp3) is 0.107. The molecule has 4 aliphatic rings. The molecule has 0 unspecified atom stereocenters. The Morgan fingerprint density at radius 2 is 0.862 bits per heavy atom. The Kier molecular flexibility index (Phi) is 8.25. The molecule has 0 radical (unpaired) electrons. The topological polar surface area (TPSA) is 6.48 Å². The summed E-state index contributed by atoms with van der Waals surface area (Å²) in [6.45, 7) is 0. The molecule has 0 aromatic heterocycles. The van der Waals surface area contributed by atoms with E-state index in [1.165, 1.54) is 67.3 Å². The third-order valence-corrected chi connectivity index (χ3v) is 12.9. The first kappa shape index (κ1) is 34.4. The van der Waals surface area contributed by atoms with Crippen LogP contribution < -0.4 is 9.80 Å². The van der Waals surface area contributed by atoms with Crippen LogP contribution in [0.25, 0.3) is 0 Å². The molecule has 2 aliphatic carbocycles. The van der Waals surface area contributed by atoms with E-state index >= 15 is 0 Å². The van der Waals surface area contributed by atoms with Gasteiger partial charge in [-0.1, -0.05) is 182 Å². The van der Waals surface area contributed by atoms with Gasteiger partial charge in [0.25, 0.3) is 0 Å². The molecule has 0 amide bonds. The van der Waals surface area contributed by atoms with Crippen LogP contribution in [0, 0.1) is 0 Å². The molecule has 11 rings (SSSR count). The minimum atomic E-state index is -0.464. The van der Waals surface area contributed by atoms with E-state index in [1.54, 1.807) is 0 Å². The Hall–Kier alpha value is -6.90. The van der Waals surface area contributed by atoms with Crippen molar-refractivity contribution in [2.24, 2.45) is 0 Å². The van der Waals surface area contributed by atoms with Crippen LogP contribution in [0.5, 0.6) is 0 Å². The number of rotatable bonds is 6. The van der Waals surface area contributed by atoms with Gasteiger partial charge in [0.1, 0.15) is 0 Å². The van der Waals surface area contributed by atoms with Crippen molar-refractivity contribution >= 4 is 34.1 Å². The largest absolute Gasteiger partial charge is 0.310 e.